The monoisotopic (exact) mass is 300 g/mol. The summed E-state index contributed by atoms with van der Waals surface area (Å²) in [7, 11) is 0. The second-order valence-electron chi connectivity index (χ2n) is 5.45. The van der Waals surface area contributed by atoms with Crippen molar-refractivity contribution in [3.63, 3.8) is 0 Å². The third kappa shape index (κ3) is 3.70. The molecule has 2 N–H and O–H groups in total. The van der Waals surface area contributed by atoms with Gasteiger partial charge < -0.3 is 10.6 Å². The number of carbonyl (C=O) groups excluding carboxylic acids is 1. The standard InChI is InChI=1S/C15H21FN2O.ClH/c1-9-4-5-12(6-14(9)16)11(3)18-15(19)10(2)13-7-17-8-13;/h4-6,10-11,13,17H,7-8H2,1-3H3,(H,18,19);1H. The van der Waals surface area contributed by atoms with E-state index in [1.807, 2.05) is 19.9 Å². The van der Waals surface area contributed by atoms with Gasteiger partial charge in [-0.25, -0.2) is 4.39 Å². The zero-order valence-corrected chi connectivity index (χ0v) is 12.9. The predicted octanol–water partition coefficient (Wildman–Crippen LogP) is 2.59. The Labute approximate surface area is 125 Å². The van der Waals surface area contributed by atoms with Crippen molar-refractivity contribution in [3.8, 4) is 0 Å². The van der Waals surface area contributed by atoms with Crippen molar-refractivity contribution in [2.45, 2.75) is 26.8 Å². The van der Waals surface area contributed by atoms with Gasteiger partial charge in [-0.2, -0.15) is 0 Å². The average molecular weight is 301 g/mol. The SMILES string of the molecule is Cc1ccc(C(C)NC(=O)C(C)C2CNC2)cc1F.Cl. The molecule has 1 aromatic carbocycles. The molecule has 1 fully saturated rings. The molecule has 1 heterocycles. The summed E-state index contributed by atoms with van der Waals surface area (Å²) in [6, 6.07) is 4.93. The van der Waals surface area contributed by atoms with Crippen LogP contribution in [0.15, 0.2) is 18.2 Å². The largest absolute Gasteiger partial charge is 0.349 e. The summed E-state index contributed by atoms with van der Waals surface area (Å²) in [5, 5.41) is 6.12. The van der Waals surface area contributed by atoms with Gasteiger partial charge in [-0.3, -0.25) is 4.79 Å². The van der Waals surface area contributed by atoms with E-state index in [0.717, 1.165) is 18.7 Å². The molecule has 112 valence electrons. The van der Waals surface area contributed by atoms with E-state index in [1.165, 1.54) is 6.07 Å². The van der Waals surface area contributed by atoms with Gasteiger partial charge in [-0.1, -0.05) is 19.1 Å². The first-order chi connectivity index (χ1) is 8.99. The molecule has 0 aromatic heterocycles. The molecule has 0 saturated carbocycles. The highest BCUT2D eigenvalue weighted by atomic mass is 35.5. The highest BCUT2D eigenvalue weighted by Crippen LogP contribution is 2.20. The second kappa shape index (κ2) is 7.04. The van der Waals surface area contributed by atoms with E-state index in [4.69, 9.17) is 0 Å². The van der Waals surface area contributed by atoms with Crippen molar-refractivity contribution < 1.29 is 9.18 Å². The van der Waals surface area contributed by atoms with E-state index in [9.17, 15) is 9.18 Å². The number of benzene rings is 1. The normalized spacial score (nSPS) is 17.6. The molecule has 0 bridgehead atoms. The van der Waals surface area contributed by atoms with Gasteiger partial charge >= 0.3 is 0 Å². The summed E-state index contributed by atoms with van der Waals surface area (Å²) in [6.45, 7) is 7.37. The first-order valence-electron chi connectivity index (χ1n) is 6.76. The highest BCUT2D eigenvalue weighted by molar-refractivity contribution is 5.85. The van der Waals surface area contributed by atoms with E-state index < -0.39 is 0 Å². The molecule has 2 rings (SSSR count). The minimum absolute atomic E-state index is 0. The third-order valence-corrected chi connectivity index (χ3v) is 3.99. The van der Waals surface area contributed by atoms with Crippen molar-refractivity contribution in [2.24, 2.45) is 11.8 Å². The summed E-state index contributed by atoms with van der Waals surface area (Å²) >= 11 is 0. The Kier molecular flexibility index (Phi) is 5.96. The van der Waals surface area contributed by atoms with Gasteiger partial charge in [-0.15, -0.1) is 12.4 Å². The summed E-state index contributed by atoms with van der Waals surface area (Å²) in [6.07, 6.45) is 0. The Morgan fingerprint density at radius 2 is 2.05 bits per heavy atom. The van der Waals surface area contributed by atoms with Crippen LogP contribution in [0.25, 0.3) is 0 Å². The molecule has 1 aliphatic heterocycles. The predicted molar refractivity (Wildman–Crippen MR) is 80.5 cm³/mol. The number of hydrogen-bond acceptors (Lipinski definition) is 2. The number of nitrogens with one attached hydrogen (secondary N) is 2. The van der Waals surface area contributed by atoms with E-state index in [-0.39, 0.29) is 36.1 Å². The second-order valence-corrected chi connectivity index (χ2v) is 5.45. The molecule has 0 aliphatic carbocycles. The van der Waals surface area contributed by atoms with Crippen molar-refractivity contribution in [3.05, 3.63) is 35.1 Å². The van der Waals surface area contributed by atoms with E-state index in [2.05, 4.69) is 10.6 Å². The topological polar surface area (TPSA) is 41.1 Å². The minimum Gasteiger partial charge on any atom is -0.349 e. The fourth-order valence-electron chi connectivity index (χ4n) is 2.19. The Morgan fingerprint density at radius 3 is 2.55 bits per heavy atom. The van der Waals surface area contributed by atoms with Crippen LogP contribution in [0.1, 0.15) is 31.0 Å². The number of hydrogen-bond donors (Lipinski definition) is 2. The summed E-state index contributed by atoms with van der Waals surface area (Å²) in [4.78, 5) is 12.1. The van der Waals surface area contributed by atoms with Crippen LogP contribution < -0.4 is 10.6 Å². The van der Waals surface area contributed by atoms with Gasteiger partial charge in [0.05, 0.1) is 6.04 Å². The van der Waals surface area contributed by atoms with Gasteiger partial charge in [0.2, 0.25) is 5.91 Å². The van der Waals surface area contributed by atoms with Crippen LogP contribution >= 0.6 is 12.4 Å². The lowest BCUT2D eigenvalue weighted by molar-refractivity contribution is -0.127. The zero-order chi connectivity index (χ0) is 14.0. The molecule has 0 spiro atoms. The lowest BCUT2D eigenvalue weighted by Gasteiger charge is -2.32. The maximum absolute atomic E-state index is 13.5. The van der Waals surface area contributed by atoms with Crippen LogP contribution in [-0.2, 0) is 4.79 Å². The van der Waals surface area contributed by atoms with E-state index in [1.54, 1.807) is 13.0 Å². The van der Waals surface area contributed by atoms with E-state index in [0.29, 0.717) is 11.5 Å². The third-order valence-electron chi connectivity index (χ3n) is 3.99. The van der Waals surface area contributed by atoms with Gasteiger partial charge in [0.25, 0.3) is 0 Å². The summed E-state index contributed by atoms with van der Waals surface area (Å²) < 4.78 is 13.5. The van der Waals surface area contributed by atoms with Crippen LogP contribution in [0.3, 0.4) is 0 Å². The van der Waals surface area contributed by atoms with Gasteiger partial charge in [0.1, 0.15) is 5.82 Å². The molecule has 20 heavy (non-hydrogen) atoms. The fraction of sp³-hybridized carbons (Fsp3) is 0.533. The Balaban J connectivity index is 0.00000200. The first-order valence-corrected chi connectivity index (χ1v) is 6.76. The van der Waals surface area contributed by atoms with Gasteiger partial charge in [-0.05, 0) is 50.0 Å². The van der Waals surface area contributed by atoms with Crippen molar-refractivity contribution in [1.82, 2.24) is 10.6 Å². The van der Waals surface area contributed by atoms with E-state index >= 15 is 0 Å². The number of halogens is 2. The Hall–Kier alpha value is -1.13. The Bertz CT molecular complexity index is 477. The molecular formula is C15H22ClFN2O. The highest BCUT2D eigenvalue weighted by Gasteiger charge is 2.29. The van der Waals surface area contributed by atoms with Crippen molar-refractivity contribution in [2.75, 3.05) is 13.1 Å². The molecule has 2 unspecified atom stereocenters. The van der Waals surface area contributed by atoms with Gasteiger partial charge in [0.15, 0.2) is 0 Å². The molecule has 3 nitrogen and oxygen atoms in total. The lowest BCUT2D eigenvalue weighted by atomic mass is 9.88. The maximum atomic E-state index is 13.5. The molecule has 1 aromatic rings. The van der Waals surface area contributed by atoms with Crippen molar-refractivity contribution >= 4 is 18.3 Å². The van der Waals surface area contributed by atoms with Gasteiger partial charge in [0, 0.05) is 5.92 Å². The number of rotatable bonds is 4. The molecule has 2 atom stereocenters. The van der Waals surface area contributed by atoms with Crippen LogP contribution in [0.4, 0.5) is 4.39 Å². The first kappa shape index (κ1) is 16.9. The van der Waals surface area contributed by atoms with Crippen LogP contribution in [0.2, 0.25) is 0 Å². The molecular weight excluding hydrogens is 279 g/mol. The fourth-order valence-corrected chi connectivity index (χ4v) is 2.19. The van der Waals surface area contributed by atoms with Crippen LogP contribution in [0.5, 0.6) is 0 Å². The molecule has 1 aliphatic rings. The number of aryl methyl sites for hydroxylation is 1. The molecule has 0 radical (unpaired) electrons. The minimum atomic E-state index is -0.227. The maximum Gasteiger partial charge on any atom is 0.223 e. The van der Waals surface area contributed by atoms with Crippen LogP contribution in [0, 0.1) is 24.6 Å². The number of carbonyl (C=O) groups is 1. The Morgan fingerprint density at radius 1 is 1.40 bits per heavy atom. The lowest BCUT2D eigenvalue weighted by Crippen LogP contribution is -2.49. The molecule has 1 amide bonds. The zero-order valence-electron chi connectivity index (χ0n) is 12.1. The molecule has 1 saturated heterocycles. The quantitative estimate of drug-likeness (QED) is 0.897. The molecule has 5 heteroatoms. The smallest absolute Gasteiger partial charge is 0.223 e. The summed E-state index contributed by atoms with van der Waals surface area (Å²) in [5.74, 6) is 0.232. The van der Waals surface area contributed by atoms with Crippen LogP contribution in [-0.4, -0.2) is 19.0 Å². The average Bonchev–Trinajstić information content (AvgIpc) is 2.30. The number of amides is 1. The van der Waals surface area contributed by atoms with Crippen molar-refractivity contribution in [1.29, 1.82) is 0 Å². The summed E-state index contributed by atoms with van der Waals surface area (Å²) in [5.41, 5.74) is 1.42.